The van der Waals surface area contributed by atoms with Crippen molar-refractivity contribution in [3.63, 3.8) is 0 Å². The van der Waals surface area contributed by atoms with Crippen molar-refractivity contribution in [3.05, 3.63) is 46.9 Å². The van der Waals surface area contributed by atoms with Crippen molar-refractivity contribution < 1.29 is 0 Å². The zero-order valence-electron chi connectivity index (χ0n) is 9.10. The van der Waals surface area contributed by atoms with Crippen molar-refractivity contribution in [2.75, 3.05) is 6.54 Å². The highest BCUT2D eigenvalue weighted by atomic mass is 32.1. The molecule has 0 aliphatic heterocycles. The van der Waals surface area contributed by atoms with Crippen LogP contribution >= 0.6 is 11.3 Å². The highest BCUT2D eigenvalue weighted by Gasteiger charge is 1.96. The van der Waals surface area contributed by atoms with Gasteiger partial charge in [-0.1, -0.05) is 6.58 Å². The fourth-order valence-corrected chi connectivity index (χ4v) is 2.17. The minimum Gasteiger partial charge on any atom is -0.312 e. The third kappa shape index (κ3) is 3.05. The Morgan fingerprint density at radius 2 is 2.44 bits per heavy atom. The topological polar surface area (TPSA) is 29.9 Å². The van der Waals surface area contributed by atoms with Gasteiger partial charge in [0.15, 0.2) is 0 Å². The van der Waals surface area contributed by atoms with Crippen molar-refractivity contribution in [1.82, 2.24) is 15.1 Å². The van der Waals surface area contributed by atoms with Crippen molar-refractivity contribution in [1.29, 1.82) is 0 Å². The number of hydrogen-bond acceptors (Lipinski definition) is 3. The summed E-state index contributed by atoms with van der Waals surface area (Å²) in [4.78, 5) is 0. The molecule has 0 aromatic carbocycles. The largest absolute Gasteiger partial charge is 0.312 e. The van der Waals surface area contributed by atoms with Gasteiger partial charge in [0, 0.05) is 24.5 Å². The molecule has 4 heteroatoms. The smallest absolute Gasteiger partial charge is 0.0538 e. The van der Waals surface area contributed by atoms with Crippen LogP contribution in [0.1, 0.15) is 11.1 Å². The Morgan fingerprint density at radius 1 is 1.50 bits per heavy atom. The molecule has 0 amide bonds. The summed E-state index contributed by atoms with van der Waals surface area (Å²) in [5.41, 5.74) is 2.59. The SMILES string of the molecule is C=Cn1cc(CNCCc2ccsc2)cn1. The molecule has 0 bridgehead atoms. The maximum Gasteiger partial charge on any atom is 0.0538 e. The molecule has 2 aromatic heterocycles. The number of hydrogen-bond donors (Lipinski definition) is 1. The summed E-state index contributed by atoms with van der Waals surface area (Å²) in [6, 6.07) is 2.17. The molecule has 84 valence electrons. The van der Waals surface area contributed by atoms with Gasteiger partial charge in [0.2, 0.25) is 0 Å². The number of nitrogens with one attached hydrogen (secondary N) is 1. The van der Waals surface area contributed by atoms with Gasteiger partial charge in [-0.2, -0.15) is 16.4 Å². The van der Waals surface area contributed by atoms with Crippen LogP contribution in [0.2, 0.25) is 0 Å². The molecule has 0 aliphatic rings. The van der Waals surface area contributed by atoms with Crippen LogP contribution < -0.4 is 5.32 Å². The first-order valence-electron chi connectivity index (χ1n) is 5.26. The van der Waals surface area contributed by atoms with Crippen LogP contribution in [-0.4, -0.2) is 16.3 Å². The Hall–Kier alpha value is -1.39. The van der Waals surface area contributed by atoms with Crippen LogP contribution in [0.15, 0.2) is 35.8 Å². The van der Waals surface area contributed by atoms with E-state index in [9.17, 15) is 0 Å². The van der Waals surface area contributed by atoms with E-state index in [2.05, 4.69) is 33.8 Å². The van der Waals surface area contributed by atoms with E-state index in [1.807, 2.05) is 12.4 Å². The van der Waals surface area contributed by atoms with Crippen LogP contribution in [-0.2, 0) is 13.0 Å². The molecule has 16 heavy (non-hydrogen) atoms. The molecule has 0 radical (unpaired) electrons. The first-order valence-corrected chi connectivity index (χ1v) is 6.20. The summed E-state index contributed by atoms with van der Waals surface area (Å²) in [5, 5.41) is 11.8. The van der Waals surface area contributed by atoms with Crippen LogP contribution in [0.25, 0.3) is 6.20 Å². The van der Waals surface area contributed by atoms with E-state index in [1.165, 1.54) is 11.1 Å². The van der Waals surface area contributed by atoms with Gasteiger partial charge in [0.1, 0.15) is 0 Å². The number of nitrogens with zero attached hydrogens (tertiary/aromatic N) is 2. The average molecular weight is 233 g/mol. The molecule has 0 saturated carbocycles. The second-order valence-electron chi connectivity index (χ2n) is 3.57. The van der Waals surface area contributed by atoms with Gasteiger partial charge in [0.05, 0.1) is 6.20 Å². The number of thiophene rings is 1. The summed E-state index contributed by atoms with van der Waals surface area (Å²) >= 11 is 1.75. The molecule has 0 saturated heterocycles. The minimum absolute atomic E-state index is 0.859. The molecule has 1 N–H and O–H groups in total. The third-order valence-electron chi connectivity index (χ3n) is 2.34. The zero-order valence-corrected chi connectivity index (χ0v) is 9.91. The summed E-state index contributed by atoms with van der Waals surface area (Å²) in [7, 11) is 0. The summed E-state index contributed by atoms with van der Waals surface area (Å²) < 4.78 is 1.72. The van der Waals surface area contributed by atoms with Gasteiger partial charge in [-0.25, -0.2) is 4.68 Å². The maximum absolute atomic E-state index is 4.12. The molecular formula is C12H15N3S. The normalized spacial score (nSPS) is 10.5. The quantitative estimate of drug-likeness (QED) is 0.776. The molecule has 0 unspecified atom stereocenters. The van der Waals surface area contributed by atoms with Gasteiger partial charge >= 0.3 is 0 Å². The Kier molecular flexibility index (Phi) is 3.91. The fraction of sp³-hybridized carbons (Fsp3) is 0.250. The van der Waals surface area contributed by atoms with Crippen LogP contribution in [0.4, 0.5) is 0 Å². The maximum atomic E-state index is 4.12. The van der Waals surface area contributed by atoms with Crippen molar-refractivity contribution in [3.8, 4) is 0 Å². The molecule has 3 nitrogen and oxygen atoms in total. The van der Waals surface area contributed by atoms with E-state index < -0.39 is 0 Å². The first-order chi connectivity index (χ1) is 7.88. The number of rotatable bonds is 6. The Bertz CT molecular complexity index is 431. The van der Waals surface area contributed by atoms with E-state index in [0.717, 1.165) is 19.5 Å². The average Bonchev–Trinajstić information content (AvgIpc) is 2.95. The van der Waals surface area contributed by atoms with Gasteiger partial charge in [0.25, 0.3) is 0 Å². The van der Waals surface area contributed by atoms with E-state index in [1.54, 1.807) is 22.2 Å². The van der Waals surface area contributed by atoms with Gasteiger partial charge in [-0.15, -0.1) is 0 Å². The lowest BCUT2D eigenvalue weighted by atomic mass is 10.2. The van der Waals surface area contributed by atoms with Gasteiger partial charge in [-0.05, 0) is 35.4 Å². The van der Waals surface area contributed by atoms with E-state index in [4.69, 9.17) is 0 Å². The molecule has 0 fully saturated rings. The summed E-state index contributed by atoms with van der Waals surface area (Å²) in [5.74, 6) is 0. The van der Waals surface area contributed by atoms with E-state index >= 15 is 0 Å². The highest BCUT2D eigenvalue weighted by Crippen LogP contribution is 2.05. The predicted octanol–water partition coefficient (Wildman–Crippen LogP) is 2.38. The second-order valence-corrected chi connectivity index (χ2v) is 4.35. The fourth-order valence-electron chi connectivity index (χ4n) is 1.47. The zero-order chi connectivity index (χ0) is 11.2. The molecular weight excluding hydrogens is 218 g/mol. The molecule has 2 rings (SSSR count). The monoisotopic (exact) mass is 233 g/mol. The standard InChI is InChI=1S/C12H15N3S/c1-2-15-9-12(8-14-15)7-13-5-3-11-4-6-16-10-11/h2,4,6,8-10,13H,1,3,5,7H2. The van der Waals surface area contributed by atoms with E-state index in [0.29, 0.717) is 0 Å². The predicted molar refractivity (Wildman–Crippen MR) is 68.3 cm³/mol. The van der Waals surface area contributed by atoms with Crippen LogP contribution in [0.3, 0.4) is 0 Å². The third-order valence-corrected chi connectivity index (χ3v) is 3.07. The Labute approximate surface area is 99.4 Å². The van der Waals surface area contributed by atoms with E-state index in [-0.39, 0.29) is 0 Å². The first kappa shape index (κ1) is 11.1. The van der Waals surface area contributed by atoms with Crippen LogP contribution in [0.5, 0.6) is 0 Å². The molecule has 0 spiro atoms. The Morgan fingerprint density at radius 3 is 3.12 bits per heavy atom. The van der Waals surface area contributed by atoms with Gasteiger partial charge < -0.3 is 5.32 Å². The van der Waals surface area contributed by atoms with Gasteiger partial charge in [-0.3, -0.25) is 0 Å². The number of aromatic nitrogens is 2. The minimum atomic E-state index is 0.859. The highest BCUT2D eigenvalue weighted by molar-refractivity contribution is 7.07. The Balaban J connectivity index is 1.70. The molecule has 0 aliphatic carbocycles. The lowest BCUT2D eigenvalue weighted by molar-refractivity contribution is 0.688. The molecule has 0 atom stereocenters. The van der Waals surface area contributed by atoms with Crippen LogP contribution in [0, 0.1) is 0 Å². The van der Waals surface area contributed by atoms with Crippen molar-refractivity contribution in [2.24, 2.45) is 0 Å². The van der Waals surface area contributed by atoms with Crippen molar-refractivity contribution >= 4 is 17.5 Å². The molecule has 2 heterocycles. The second kappa shape index (κ2) is 5.63. The summed E-state index contributed by atoms with van der Waals surface area (Å²) in [6.07, 6.45) is 6.61. The lowest BCUT2D eigenvalue weighted by Gasteiger charge is -2.01. The summed E-state index contributed by atoms with van der Waals surface area (Å²) in [6.45, 7) is 5.51. The lowest BCUT2D eigenvalue weighted by Crippen LogP contribution is -2.16. The van der Waals surface area contributed by atoms with Crippen molar-refractivity contribution in [2.45, 2.75) is 13.0 Å². The molecule has 2 aromatic rings.